The van der Waals surface area contributed by atoms with Gasteiger partial charge in [0.1, 0.15) is 0 Å². The molecule has 0 unspecified atom stereocenters. The van der Waals surface area contributed by atoms with Gasteiger partial charge in [-0.05, 0) is 43.9 Å². The van der Waals surface area contributed by atoms with Gasteiger partial charge in [0.2, 0.25) is 0 Å². The summed E-state index contributed by atoms with van der Waals surface area (Å²) in [4.78, 5) is 24.8. The normalized spacial score (nSPS) is 16.4. The lowest BCUT2D eigenvalue weighted by Gasteiger charge is -2.35. The number of aromatic nitrogens is 4. The van der Waals surface area contributed by atoms with Crippen molar-refractivity contribution in [1.29, 1.82) is 0 Å². The highest BCUT2D eigenvalue weighted by Crippen LogP contribution is 2.27. The fourth-order valence-electron chi connectivity index (χ4n) is 4.39. The number of pyridine rings is 1. The summed E-state index contributed by atoms with van der Waals surface area (Å²) in [6.45, 7) is 3.16. The first-order valence-electron chi connectivity index (χ1n) is 11.0. The van der Waals surface area contributed by atoms with Gasteiger partial charge in [-0.15, -0.1) is 0 Å². The molecule has 1 aliphatic heterocycles. The molecule has 4 aromatic rings. The summed E-state index contributed by atoms with van der Waals surface area (Å²) in [5, 5.41) is 4.44. The Labute approximate surface area is 186 Å². The van der Waals surface area contributed by atoms with Crippen molar-refractivity contribution in [3.63, 3.8) is 0 Å². The standard InChI is InChI=1S/C25H26N6O/c1-17-15-27-23(13-20(17)25(32)30-11-6-5-9-19(30)14-26)21-16-28-31-12-10-22(29-24(21)31)18-7-3-2-4-8-18/h2-4,7-8,10,12-13,15-16,19H,5-6,9,11,14,26H2,1H3/t19-/m1/s1. The molecule has 0 bridgehead atoms. The molecule has 2 N–H and O–H groups in total. The molecule has 4 heterocycles. The zero-order valence-electron chi connectivity index (χ0n) is 18.1. The minimum atomic E-state index is 0.0238. The van der Waals surface area contributed by atoms with Gasteiger partial charge in [-0.2, -0.15) is 5.10 Å². The Morgan fingerprint density at radius 3 is 2.78 bits per heavy atom. The summed E-state index contributed by atoms with van der Waals surface area (Å²) in [5.41, 5.74) is 11.6. The van der Waals surface area contributed by atoms with Crippen molar-refractivity contribution >= 4 is 11.6 Å². The predicted octanol–water partition coefficient (Wildman–Crippen LogP) is 3.72. The molecule has 1 saturated heterocycles. The van der Waals surface area contributed by atoms with E-state index in [4.69, 9.17) is 10.7 Å². The average Bonchev–Trinajstić information content (AvgIpc) is 3.28. The molecule has 3 aromatic heterocycles. The molecular weight excluding hydrogens is 400 g/mol. The van der Waals surface area contributed by atoms with E-state index < -0.39 is 0 Å². The van der Waals surface area contributed by atoms with E-state index in [0.717, 1.165) is 48.2 Å². The highest BCUT2D eigenvalue weighted by molar-refractivity contribution is 5.97. The Bertz CT molecular complexity index is 1270. The van der Waals surface area contributed by atoms with Gasteiger partial charge < -0.3 is 10.6 Å². The molecule has 0 spiro atoms. The lowest BCUT2D eigenvalue weighted by atomic mass is 9.99. The van der Waals surface area contributed by atoms with Crippen LogP contribution in [0.1, 0.15) is 35.2 Å². The second kappa shape index (κ2) is 8.51. The van der Waals surface area contributed by atoms with E-state index in [-0.39, 0.29) is 11.9 Å². The molecule has 5 rings (SSSR count). The number of aryl methyl sites for hydroxylation is 1. The maximum Gasteiger partial charge on any atom is 0.254 e. The lowest BCUT2D eigenvalue weighted by molar-refractivity contribution is 0.0622. The molecule has 32 heavy (non-hydrogen) atoms. The first kappa shape index (κ1) is 20.3. The monoisotopic (exact) mass is 426 g/mol. The van der Waals surface area contributed by atoms with Crippen molar-refractivity contribution in [1.82, 2.24) is 24.5 Å². The van der Waals surface area contributed by atoms with E-state index in [1.54, 1.807) is 16.9 Å². The summed E-state index contributed by atoms with van der Waals surface area (Å²) in [6, 6.07) is 13.9. The number of fused-ring (bicyclic) bond motifs is 1. The maximum absolute atomic E-state index is 13.4. The van der Waals surface area contributed by atoms with Gasteiger partial charge in [0.25, 0.3) is 5.91 Å². The molecule has 162 valence electrons. The third-order valence-electron chi connectivity index (χ3n) is 6.21. The van der Waals surface area contributed by atoms with Crippen LogP contribution in [0.5, 0.6) is 0 Å². The number of hydrogen-bond acceptors (Lipinski definition) is 5. The molecule has 7 nitrogen and oxygen atoms in total. The molecule has 7 heteroatoms. The second-order valence-corrected chi connectivity index (χ2v) is 8.27. The van der Waals surface area contributed by atoms with Gasteiger partial charge >= 0.3 is 0 Å². The van der Waals surface area contributed by atoms with Crippen molar-refractivity contribution < 1.29 is 4.79 Å². The summed E-state index contributed by atoms with van der Waals surface area (Å²) < 4.78 is 1.74. The molecule has 0 aliphatic carbocycles. The zero-order chi connectivity index (χ0) is 22.1. The number of nitrogens with zero attached hydrogens (tertiary/aromatic N) is 5. The van der Waals surface area contributed by atoms with Gasteiger partial charge in [-0.1, -0.05) is 30.3 Å². The second-order valence-electron chi connectivity index (χ2n) is 8.27. The molecule has 1 atom stereocenters. The van der Waals surface area contributed by atoms with E-state index in [2.05, 4.69) is 10.1 Å². The number of piperidine rings is 1. The number of amides is 1. The number of carbonyl (C=O) groups is 1. The van der Waals surface area contributed by atoms with Crippen molar-refractivity contribution in [3.05, 3.63) is 72.2 Å². The first-order chi connectivity index (χ1) is 15.7. The van der Waals surface area contributed by atoms with Crippen LogP contribution in [-0.4, -0.2) is 49.5 Å². The number of carbonyl (C=O) groups excluding carboxylic acids is 1. The predicted molar refractivity (Wildman–Crippen MR) is 124 cm³/mol. The molecular formula is C25H26N6O. The number of likely N-dealkylation sites (tertiary alicyclic amines) is 1. The Balaban J connectivity index is 1.55. The minimum absolute atomic E-state index is 0.0238. The van der Waals surface area contributed by atoms with Crippen molar-refractivity contribution in [3.8, 4) is 22.5 Å². The Morgan fingerprint density at radius 2 is 1.97 bits per heavy atom. The summed E-state index contributed by atoms with van der Waals surface area (Å²) in [7, 11) is 0. The molecule has 0 radical (unpaired) electrons. The van der Waals surface area contributed by atoms with Gasteiger partial charge in [-0.25, -0.2) is 9.50 Å². The van der Waals surface area contributed by atoms with E-state index in [9.17, 15) is 4.79 Å². The summed E-state index contributed by atoms with van der Waals surface area (Å²) in [6.07, 6.45) is 8.50. The van der Waals surface area contributed by atoms with Crippen molar-refractivity contribution in [2.24, 2.45) is 5.73 Å². The van der Waals surface area contributed by atoms with E-state index in [0.29, 0.717) is 23.4 Å². The van der Waals surface area contributed by atoms with Gasteiger partial charge in [0.05, 0.1) is 23.1 Å². The fourth-order valence-corrected chi connectivity index (χ4v) is 4.39. The highest BCUT2D eigenvalue weighted by Gasteiger charge is 2.28. The van der Waals surface area contributed by atoms with Crippen LogP contribution in [-0.2, 0) is 0 Å². The molecule has 0 saturated carbocycles. The van der Waals surface area contributed by atoms with Gasteiger partial charge in [0, 0.05) is 42.7 Å². The lowest BCUT2D eigenvalue weighted by Crippen LogP contribution is -2.47. The smallest absolute Gasteiger partial charge is 0.254 e. The Morgan fingerprint density at radius 1 is 1.12 bits per heavy atom. The quantitative estimate of drug-likeness (QED) is 0.537. The van der Waals surface area contributed by atoms with Crippen LogP contribution in [0.2, 0.25) is 0 Å². The third-order valence-corrected chi connectivity index (χ3v) is 6.21. The summed E-state index contributed by atoms with van der Waals surface area (Å²) >= 11 is 0. The van der Waals surface area contributed by atoms with Crippen LogP contribution < -0.4 is 5.73 Å². The summed E-state index contributed by atoms with van der Waals surface area (Å²) in [5.74, 6) is 0.0238. The van der Waals surface area contributed by atoms with Crippen LogP contribution in [0.3, 0.4) is 0 Å². The van der Waals surface area contributed by atoms with Crippen LogP contribution >= 0.6 is 0 Å². The molecule has 1 aromatic carbocycles. The van der Waals surface area contributed by atoms with E-state index in [1.165, 1.54) is 0 Å². The molecule has 1 fully saturated rings. The van der Waals surface area contributed by atoms with E-state index >= 15 is 0 Å². The molecule has 1 amide bonds. The number of nitrogens with two attached hydrogens (primary N) is 1. The van der Waals surface area contributed by atoms with Crippen LogP contribution in [0.25, 0.3) is 28.2 Å². The van der Waals surface area contributed by atoms with Crippen molar-refractivity contribution in [2.45, 2.75) is 32.2 Å². The minimum Gasteiger partial charge on any atom is -0.334 e. The third kappa shape index (κ3) is 3.65. The van der Waals surface area contributed by atoms with Gasteiger partial charge in [0.15, 0.2) is 5.65 Å². The maximum atomic E-state index is 13.4. The van der Waals surface area contributed by atoms with Crippen LogP contribution in [0.15, 0.2) is 61.1 Å². The van der Waals surface area contributed by atoms with Crippen molar-refractivity contribution in [2.75, 3.05) is 13.1 Å². The Kier molecular flexibility index (Phi) is 5.41. The highest BCUT2D eigenvalue weighted by atomic mass is 16.2. The number of hydrogen-bond donors (Lipinski definition) is 1. The zero-order valence-corrected chi connectivity index (χ0v) is 18.1. The van der Waals surface area contributed by atoms with Crippen LogP contribution in [0.4, 0.5) is 0 Å². The SMILES string of the molecule is Cc1cnc(-c2cnn3ccc(-c4ccccc4)nc23)cc1C(=O)N1CCCC[C@@H]1CN. The fraction of sp³-hybridized carbons (Fsp3) is 0.280. The number of benzene rings is 1. The Hall–Kier alpha value is -3.58. The first-order valence-corrected chi connectivity index (χ1v) is 11.0. The largest absolute Gasteiger partial charge is 0.334 e. The van der Waals surface area contributed by atoms with Gasteiger partial charge in [-0.3, -0.25) is 9.78 Å². The van der Waals surface area contributed by atoms with E-state index in [1.807, 2.05) is 60.5 Å². The molecule has 1 aliphatic rings. The number of rotatable bonds is 4. The van der Waals surface area contributed by atoms with Crippen LogP contribution in [0, 0.1) is 6.92 Å². The topological polar surface area (TPSA) is 89.4 Å². The average molecular weight is 427 g/mol.